The first kappa shape index (κ1) is 18.2. The molecule has 9 heteroatoms. The number of rotatable bonds is 7. The van der Waals surface area contributed by atoms with E-state index in [0.29, 0.717) is 30.3 Å². The van der Waals surface area contributed by atoms with E-state index in [1.165, 1.54) is 11.8 Å². The van der Waals surface area contributed by atoms with Gasteiger partial charge in [-0.25, -0.2) is 0 Å². The number of aromatic nitrogens is 3. The largest absolute Gasteiger partial charge is 0.495 e. The van der Waals surface area contributed by atoms with Crippen LogP contribution in [0.25, 0.3) is 0 Å². The van der Waals surface area contributed by atoms with E-state index in [-0.39, 0.29) is 24.2 Å². The molecule has 8 nitrogen and oxygen atoms in total. The number of methoxy groups -OCH3 is 1. The fourth-order valence-corrected chi connectivity index (χ4v) is 3.58. The first-order valence-corrected chi connectivity index (χ1v) is 9.26. The predicted molar refractivity (Wildman–Crippen MR) is 98.2 cm³/mol. The van der Waals surface area contributed by atoms with E-state index < -0.39 is 0 Å². The lowest BCUT2D eigenvalue weighted by atomic mass is 10.1. The van der Waals surface area contributed by atoms with Crippen LogP contribution < -0.4 is 15.0 Å². The van der Waals surface area contributed by atoms with E-state index in [9.17, 15) is 9.59 Å². The summed E-state index contributed by atoms with van der Waals surface area (Å²) in [5, 5.41) is 11.5. The van der Waals surface area contributed by atoms with Gasteiger partial charge in [-0.05, 0) is 12.1 Å². The number of hydrogen-bond acceptors (Lipinski definition) is 6. The van der Waals surface area contributed by atoms with Crippen molar-refractivity contribution >= 4 is 29.3 Å². The Kier molecular flexibility index (Phi) is 5.77. The Morgan fingerprint density at radius 3 is 2.96 bits per heavy atom. The molecule has 1 aliphatic heterocycles. The average Bonchev–Trinajstić information content (AvgIpc) is 3.24. The van der Waals surface area contributed by atoms with Crippen LogP contribution in [0.5, 0.6) is 5.75 Å². The van der Waals surface area contributed by atoms with Gasteiger partial charge >= 0.3 is 0 Å². The SMILES string of the molecule is COc1ccccc1N1CC(C(=O)NCCSc2nncn2C)CC1=O. The van der Waals surface area contributed by atoms with Crippen molar-refractivity contribution in [1.82, 2.24) is 20.1 Å². The molecule has 3 rings (SSSR count). The summed E-state index contributed by atoms with van der Waals surface area (Å²) in [7, 11) is 3.44. The number of carbonyl (C=O) groups excluding carboxylic acids is 2. The van der Waals surface area contributed by atoms with Crippen LogP contribution in [0.3, 0.4) is 0 Å². The molecular formula is C17H21N5O3S. The van der Waals surface area contributed by atoms with Crippen LogP contribution in [0.1, 0.15) is 6.42 Å². The summed E-state index contributed by atoms with van der Waals surface area (Å²) in [5.41, 5.74) is 0.702. The number of aryl methyl sites for hydroxylation is 1. The number of hydrogen-bond donors (Lipinski definition) is 1. The Labute approximate surface area is 155 Å². The molecule has 2 amide bonds. The van der Waals surface area contributed by atoms with Crippen molar-refractivity contribution in [3.63, 3.8) is 0 Å². The highest BCUT2D eigenvalue weighted by atomic mass is 32.2. The molecule has 1 fully saturated rings. The standard InChI is InChI=1S/C17H21N5O3S/c1-21-11-19-20-17(21)26-8-7-18-16(24)12-9-15(23)22(10-12)13-5-3-4-6-14(13)25-2/h3-6,11-12H,7-10H2,1-2H3,(H,18,24). The number of carbonyl (C=O) groups is 2. The second kappa shape index (κ2) is 8.22. The zero-order valence-corrected chi connectivity index (χ0v) is 15.5. The zero-order chi connectivity index (χ0) is 18.5. The maximum atomic E-state index is 12.4. The average molecular weight is 375 g/mol. The van der Waals surface area contributed by atoms with E-state index in [0.717, 1.165) is 5.16 Å². The van der Waals surface area contributed by atoms with E-state index in [1.54, 1.807) is 24.4 Å². The number of benzene rings is 1. The highest BCUT2D eigenvalue weighted by Gasteiger charge is 2.36. The van der Waals surface area contributed by atoms with Crippen molar-refractivity contribution in [2.75, 3.05) is 30.9 Å². The molecule has 0 bridgehead atoms. The van der Waals surface area contributed by atoms with E-state index in [1.807, 2.05) is 29.8 Å². The number of nitrogens with one attached hydrogen (secondary N) is 1. The molecule has 1 atom stereocenters. The van der Waals surface area contributed by atoms with Crippen molar-refractivity contribution in [2.24, 2.45) is 13.0 Å². The zero-order valence-electron chi connectivity index (χ0n) is 14.7. The summed E-state index contributed by atoms with van der Waals surface area (Å²) in [6.07, 6.45) is 1.85. The summed E-state index contributed by atoms with van der Waals surface area (Å²) >= 11 is 1.52. The van der Waals surface area contributed by atoms with Crippen molar-refractivity contribution in [3.05, 3.63) is 30.6 Å². The fraction of sp³-hybridized carbons (Fsp3) is 0.412. The summed E-state index contributed by atoms with van der Waals surface area (Å²) in [5.74, 6) is 0.793. The van der Waals surface area contributed by atoms with Gasteiger partial charge in [0.25, 0.3) is 0 Å². The first-order valence-electron chi connectivity index (χ1n) is 8.28. The Hall–Kier alpha value is -2.55. The second-order valence-electron chi connectivity index (χ2n) is 5.94. The van der Waals surface area contributed by atoms with Crippen molar-refractivity contribution < 1.29 is 14.3 Å². The van der Waals surface area contributed by atoms with Crippen LogP contribution in [0, 0.1) is 5.92 Å². The van der Waals surface area contributed by atoms with Crippen LogP contribution in [-0.4, -0.2) is 52.5 Å². The van der Waals surface area contributed by atoms with Gasteiger partial charge in [0, 0.05) is 32.3 Å². The maximum absolute atomic E-state index is 12.4. The molecule has 1 N–H and O–H groups in total. The number of thioether (sulfide) groups is 1. The third-order valence-corrected chi connectivity index (χ3v) is 5.21. The van der Waals surface area contributed by atoms with Crippen molar-refractivity contribution in [3.8, 4) is 5.75 Å². The van der Waals surface area contributed by atoms with Gasteiger partial charge in [0.05, 0.1) is 18.7 Å². The van der Waals surface area contributed by atoms with Crippen molar-refractivity contribution in [2.45, 2.75) is 11.6 Å². The fourth-order valence-electron chi connectivity index (χ4n) is 2.83. The van der Waals surface area contributed by atoms with Crippen LogP contribution >= 0.6 is 11.8 Å². The molecule has 2 aromatic rings. The Balaban J connectivity index is 1.51. The minimum absolute atomic E-state index is 0.0666. The number of anilines is 1. The van der Waals surface area contributed by atoms with Crippen molar-refractivity contribution in [1.29, 1.82) is 0 Å². The summed E-state index contributed by atoms with van der Waals surface area (Å²) in [6.45, 7) is 0.872. The number of para-hydroxylation sites is 2. The smallest absolute Gasteiger partial charge is 0.227 e. The van der Waals surface area contributed by atoms with Gasteiger partial charge in [0.15, 0.2) is 5.16 Å². The third-order valence-electron chi connectivity index (χ3n) is 4.17. The summed E-state index contributed by atoms with van der Waals surface area (Å²) in [6, 6.07) is 7.33. The van der Waals surface area contributed by atoms with Crippen LogP contribution in [0.2, 0.25) is 0 Å². The summed E-state index contributed by atoms with van der Waals surface area (Å²) < 4.78 is 7.14. The number of amides is 2. The van der Waals surface area contributed by atoms with Crippen LogP contribution in [0.4, 0.5) is 5.69 Å². The van der Waals surface area contributed by atoms with E-state index >= 15 is 0 Å². The van der Waals surface area contributed by atoms with Gasteiger partial charge < -0.3 is 19.5 Å². The molecule has 0 saturated carbocycles. The molecular weight excluding hydrogens is 354 g/mol. The van der Waals surface area contributed by atoms with E-state index in [4.69, 9.17) is 4.74 Å². The molecule has 138 valence electrons. The van der Waals surface area contributed by atoms with Gasteiger partial charge in [0.2, 0.25) is 11.8 Å². The molecule has 0 spiro atoms. The van der Waals surface area contributed by atoms with Gasteiger partial charge in [-0.1, -0.05) is 23.9 Å². The number of ether oxygens (including phenoxy) is 1. The maximum Gasteiger partial charge on any atom is 0.227 e. The molecule has 1 aromatic carbocycles. The van der Waals surface area contributed by atoms with Gasteiger partial charge in [-0.15, -0.1) is 10.2 Å². The van der Waals surface area contributed by atoms with Gasteiger partial charge in [0.1, 0.15) is 12.1 Å². The topological polar surface area (TPSA) is 89.3 Å². The lowest BCUT2D eigenvalue weighted by Crippen LogP contribution is -2.34. The predicted octanol–water partition coefficient (Wildman–Crippen LogP) is 1.09. The van der Waals surface area contributed by atoms with Crippen LogP contribution in [-0.2, 0) is 16.6 Å². The monoisotopic (exact) mass is 375 g/mol. The van der Waals surface area contributed by atoms with Gasteiger partial charge in [-0.3, -0.25) is 9.59 Å². The quantitative estimate of drug-likeness (QED) is 0.576. The van der Waals surface area contributed by atoms with Crippen LogP contribution in [0.15, 0.2) is 35.7 Å². The minimum Gasteiger partial charge on any atom is -0.495 e. The molecule has 1 unspecified atom stereocenters. The van der Waals surface area contributed by atoms with E-state index in [2.05, 4.69) is 15.5 Å². The normalized spacial score (nSPS) is 16.8. The minimum atomic E-state index is -0.354. The molecule has 26 heavy (non-hydrogen) atoms. The molecule has 0 radical (unpaired) electrons. The lowest BCUT2D eigenvalue weighted by Gasteiger charge is -2.19. The highest BCUT2D eigenvalue weighted by Crippen LogP contribution is 2.32. The molecule has 0 aliphatic carbocycles. The first-order chi connectivity index (χ1) is 12.6. The summed E-state index contributed by atoms with van der Waals surface area (Å²) in [4.78, 5) is 26.4. The Morgan fingerprint density at radius 2 is 2.23 bits per heavy atom. The Morgan fingerprint density at radius 1 is 1.42 bits per heavy atom. The lowest BCUT2D eigenvalue weighted by molar-refractivity contribution is -0.126. The highest BCUT2D eigenvalue weighted by molar-refractivity contribution is 7.99. The number of nitrogens with zero attached hydrogens (tertiary/aromatic N) is 4. The third kappa shape index (κ3) is 3.98. The molecule has 1 aromatic heterocycles. The molecule has 2 heterocycles. The molecule has 1 saturated heterocycles. The second-order valence-corrected chi connectivity index (χ2v) is 7.00. The Bertz CT molecular complexity index is 794. The molecule has 1 aliphatic rings. The van der Waals surface area contributed by atoms with Gasteiger partial charge in [-0.2, -0.15) is 0 Å².